The van der Waals surface area contributed by atoms with Gasteiger partial charge in [-0.2, -0.15) is 5.10 Å². The van der Waals surface area contributed by atoms with Crippen LogP contribution in [0.2, 0.25) is 5.02 Å². The molecule has 0 bridgehead atoms. The quantitative estimate of drug-likeness (QED) is 0.338. The molecule has 0 fully saturated rings. The van der Waals surface area contributed by atoms with Crippen LogP contribution in [0.1, 0.15) is 32.3 Å². The summed E-state index contributed by atoms with van der Waals surface area (Å²) < 4.78 is 0. The van der Waals surface area contributed by atoms with Gasteiger partial charge in [-0.1, -0.05) is 24.9 Å². The molecular weight excluding hydrogens is 282 g/mol. The van der Waals surface area contributed by atoms with Crippen LogP contribution in [0.15, 0.2) is 23.3 Å². The van der Waals surface area contributed by atoms with Gasteiger partial charge >= 0.3 is 0 Å². The Labute approximate surface area is 123 Å². The van der Waals surface area contributed by atoms with Gasteiger partial charge in [0.2, 0.25) is 0 Å². The zero-order valence-electron chi connectivity index (χ0n) is 11.0. The highest BCUT2D eigenvalue weighted by molar-refractivity contribution is 7.80. The average Bonchev–Trinajstić information content (AvgIpc) is 2.39. The number of hydrogen-bond donors (Lipinski definition) is 3. The van der Waals surface area contributed by atoms with Crippen molar-refractivity contribution >= 4 is 34.6 Å². The molecule has 1 rings (SSSR count). The first-order valence-corrected chi connectivity index (χ1v) is 6.90. The second-order valence-corrected chi connectivity index (χ2v) is 4.92. The molecule has 0 aliphatic rings. The highest BCUT2D eigenvalue weighted by Crippen LogP contribution is 2.21. The van der Waals surface area contributed by atoms with E-state index >= 15 is 0 Å². The summed E-state index contributed by atoms with van der Waals surface area (Å²) in [5, 5.41) is 17.9. The van der Waals surface area contributed by atoms with Gasteiger partial charge in [-0.3, -0.25) is 5.43 Å². The van der Waals surface area contributed by atoms with Crippen LogP contribution in [0.4, 0.5) is 0 Å². The molecule has 6 heteroatoms. The first-order valence-electron chi connectivity index (χ1n) is 6.11. The lowest BCUT2D eigenvalue weighted by Gasteiger charge is -2.08. The standard InChI is InChI=1S/C13H18ClN3OS/c1-3-4-7-15-13(19)17-16-9(2)11-8-10(14)5-6-12(11)18/h5-6,8,18H,3-4,7H2,1-2H3,(H2,15,17,19)/b16-9+. The minimum absolute atomic E-state index is 0.136. The molecule has 3 N–H and O–H groups in total. The second kappa shape index (κ2) is 7.96. The van der Waals surface area contributed by atoms with Crippen molar-refractivity contribution in [3.05, 3.63) is 28.8 Å². The smallest absolute Gasteiger partial charge is 0.186 e. The van der Waals surface area contributed by atoms with E-state index in [2.05, 4.69) is 22.8 Å². The number of aromatic hydroxyl groups is 1. The molecule has 0 saturated heterocycles. The van der Waals surface area contributed by atoms with E-state index in [0.29, 0.717) is 21.4 Å². The molecule has 19 heavy (non-hydrogen) atoms. The maximum atomic E-state index is 9.73. The van der Waals surface area contributed by atoms with Crippen LogP contribution in [0.5, 0.6) is 5.75 Å². The summed E-state index contributed by atoms with van der Waals surface area (Å²) in [5.41, 5.74) is 3.93. The van der Waals surface area contributed by atoms with Gasteiger partial charge in [0.25, 0.3) is 0 Å². The largest absolute Gasteiger partial charge is 0.507 e. The Morgan fingerprint density at radius 3 is 2.89 bits per heavy atom. The molecule has 0 amide bonds. The zero-order chi connectivity index (χ0) is 14.3. The number of thiocarbonyl (C=S) groups is 1. The van der Waals surface area contributed by atoms with Gasteiger partial charge in [-0.15, -0.1) is 0 Å². The lowest BCUT2D eigenvalue weighted by atomic mass is 10.1. The summed E-state index contributed by atoms with van der Waals surface area (Å²) in [6.07, 6.45) is 2.16. The molecule has 0 saturated carbocycles. The second-order valence-electron chi connectivity index (χ2n) is 4.08. The lowest BCUT2D eigenvalue weighted by molar-refractivity contribution is 0.474. The number of phenols is 1. The summed E-state index contributed by atoms with van der Waals surface area (Å²) in [4.78, 5) is 0. The monoisotopic (exact) mass is 299 g/mol. The molecule has 1 aromatic carbocycles. The van der Waals surface area contributed by atoms with E-state index in [-0.39, 0.29) is 5.75 Å². The molecule has 0 aliphatic carbocycles. The van der Waals surface area contributed by atoms with Crippen molar-refractivity contribution in [2.75, 3.05) is 6.54 Å². The van der Waals surface area contributed by atoms with Crippen molar-refractivity contribution < 1.29 is 5.11 Å². The van der Waals surface area contributed by atoms with Crippen molar-refractivity contribution in [2.45, 2.75) is 26.7 Å². The number of benzene rings is 1. The summed E-state index contributed by atoms with van der Waals surface area (Å²) in [6.45, 7) is 4.70. The van der Waals surface area contributed by atoms with Crippen molar-refractivity contribution in [2.24, 2.45) is 5.10 Å². The van der Waals surface area contributed by atoms with Gasteiger partial charge < -0.3 is 10.4 Å². The summed E-state index contributed by atoms with van der Waals surface area (Å²) in [7, 11) is 0. The van der Waals surface area contributed by atoms with E-state index in [0.717, 1.165) is 19.4 Å². The average molecular weight is 300 g/mol. The number of nitrogens with one attached hydrogen (secondary N) is 2. The number of unbranched alkanes of at least 4 members (excludes halogenated alkanes) is 1. The first-order chi connectivity index (χ1) is 9.04. The Hall–Kier alpha value is -1.33. The lowest BCUT2D eigenvalue weighted by Crippen LogP contribution is -2.33. The van der Waals surface area contributed by atoms with Crippen LogP contribution in [0.25, 0.3) is 0 Å². The highest BCUT2D eigenvalue weighted by atomic mass is 35.5. The Bertz CT molecular complexity index is 477. The van der Waals surface area contributed by atoms with Gasteiger partial charge in [0.1, 0.15) is 5.75 Å². The predicted molar refractivity (Wildman–Crippen MR) is 84.0 cm³/mol. The fourth-order valence-electron chi connectivity index (χ4n) is 1.41. The zero-order valence-corrected chi connectivity index (χ0v) is 12.6. The van der Waals surface area contributed by atoms with Crippen molar-refractivity contribution in [1.29, 1.82) is 0 Å². The third-order valence-corrected chi connectivity index (χ3v) is 2.96. The molecule has 104 valence electrons. The molecule has 0 aromatic heterocycles. The maximum Gasteiger partial charge on any atom is 0.186 e. The van der Waals surface area contributed by atoms with Crippen LogP contribution in [0, 0.1) is 0 Å². The molecule has 1 aromatic rings. The number of nitrogens with zero attached hydrogens (tertiary/aromatic N) is 1. The Morgan fingerprint density at radius 2 is 2.21 bits per heavy atom. The van der Waals surface area contributed by atoms with Crippen molar-refractivity contribution in [1.82, 2.24) is 10.7 Å². The van der Waals surface area contributed by atoms with E-state index in [1.54, 1.807) is 19.1 Å². The van der Waals surface area contributed by atoms with E-state index in [1.807, 2.05) is 0 Å². The van der Waals surface area contributed by atoms with E-state index < -0.39 is 0 Å². The number of hydrogen-bond acceptors (Lipinski definition) is 3. The third kappa shape index (κ3) is 5.44. The first kappa shape index (κ1) is 15.7. The van der Waals surface area contributed by atoms with E-state index in [1.165, 1.54) is 6.07 Å². The van der Waals surface area contributed by atoms with Gasteiger partial charge in [0, 0.05) is 17.1 Å². The van der Waals surface area contributed by atoms with Crippen LogP contribution < -0.4 is 10.7 Å². The number of phenolic OH excluding ortho intramolecular Hbond substituents is 1. The van der Waals surface area contributed by atoms with Gasteiger partial charge in [-0.25, -0.2) is 0 Å². The summed E-state index contributed by atoms with van der Waals surface area (Å²) in [5.74, 6) is 0.136. The maximum absolute atomic E-state index is 9.73. The topological polar surface area (TPSA) is 56.7 Å². The Kier molecular flexibility index (Phi) is 6.59. The molecule has 0 aliphatic heterocycles. The molecular formula is C13H18ClN3OS. The predicted octanol–water partition coefficient (Wildman–Crippen LogP) is 3.03. The number of rotatable bonds is 5. The molecule has 0 spiro atoms. The fourth-order valence-corrected chi connectivity index (χ4v) is 1.73. The number of halogens is 1. The van der Waals surface area contributed by atoms with E-state index in [9.17, 15) is 5.11 Å². The third-order valence-electron chi connectivity index (χ3n) is 2.49. The molecule has 4 nitrogen and oxygen atoms in total. The molecule has 0 unspecified atom stereocenters. The summed E-state index contributed by atoms with van der Waals surface area (Å²) >= 11 is 11.0. The Balaban J connectivity index is 2.61. The molecule has 0 radical (unpaired) electrons. The Morgan fingerprint density at radius 1 is 1.47 bits per heavy atom. The highest BCUT2D eigenvalue weighted by Gasteiger charge is 2.05. The van der Waals surface area contributed by atoms with Crippen LogP contribution in [0.3, 0.4) is 0 Å². The molecule has 0 atom stereocenters. The minimum Gasteiger partial charge on any atom is -0.507 e. The normalized spacial score (nSPS) is 11.2. The summed E-state index contributed by atoms with van der Waals surface area (Å²) in [6, 6.07) is 4.82. The molecule has 0 heterocycles. The van der Waals surface area contributed by atoms with Crippen LogP contribution in [-0.2, 0) is 0 Å². The SMILES string of the molecule is CCCCNC(=S)N/N=C(\C)c1cc(Cl)ccc1O. The fraction of sp³-hybridized carbons (Fsp3) is 0.385. The minimum atomic E-state index is 0.136. The van der Waals surface area contributed by atoms with Gasteiger partial charge in [0.05, 0.1) is 5.71 Å². The van der Waals surface area contributed by atoms with Gasteiger partial charge in [-0.05, 0) is 43.8 Å². The van der Waals surface area contributed by atoms with Gasteiger partial charge in [0.15, 0.2) is 5.11 Å². The van der Waals surface area contributed by atoms with Crippen molar-refractivity contribution in [3.8, 4) is 5.75 Å². The van der Waals surface area contributed by atoms with Crippen LogP contribution in [-0.4, -0.2) is 22.5 Å². The van der Waals surface area contributed by atoms with Crippen LogP contribution >= 0.6 is 23.8 Å². The van der Waals surface area contributed by atoms with E-state index in [4.69, 9.17) is 23.8 Å². The van der Waals surface area contributed by atoms with Crippen molar-refractivity contribution in [3.63, 3.8) is 0 Å². The number of hydrazone groups is 1.